The van der Waals surface area contributed by atoms with E-state index in [0.717, 1.165) is 24.5 Å². The molecule has 136 valence electrons. The van der Waals surface area contributed by atoms with Gasteiger partial charge in [-0.15, -0.1) is 10.2 Å². The maximum absolute atomic E-state index is 12.5. The van der Waals surface area contributed by atoms with Gasteiger partial charge in [-0.2, -0.15) is 0 Å². The second-order valence-corrected chi connectivity index (χ2v) is 7.76. The lowest BCUT2D eigenvalue weighted by Gasteiger charge is -2.24. The summed E-state index contributed by atoms with van der Waals surface area (Å²) in [7, 11) is 1.97. The third-order valence-electron chi connectivity index (χ3n) is 6.18. The number of aromatic nitrogens is 3. The summed E-state index contributed by atoms with van der Waals surface area (Å²) in [6, 6.07) is 0.356. The summed E-state index contributed by atoms with van der Waals surface area (Å²) in [4.78, 5) is 26.7. The maximum atomic E-state index is 12.5. The number of carbonyl (C=O) groups excluding carboxylic acids is 2. The Morgan fingerprint density at radius 1 is 1.16 bits per heavy atom. The maximum Gasteiger partial charge on any atom is 0.225 e. The van der Waals surface area contributed by atoms with E-state index in [1.165, 1.54) is 32.1 Å². The number of carbonyl (C=O) groups is 2. The van der Waals surface area contributed by atoms with Gasteiger partial charge in [0.2, 0.25) is 11.8 Å². The summed E-state index contributed by atoms with van der Waals surface area (Å²) in [5.41, 5.74) is 0. The lowest BCUT2D eigenvalue weighted by atomic mass is 9.85. The highest BCUT2D eigenvalue weighted by Crippen LogP contribution is 2.35. The van der Waals surface area contributed by atoms with Crippen molar-refractivity contribution < 1.29 is 9.59 Å². The summed E-state index contributed by atoms with van der Waals surface area (Å²) in [5, 5.41) is 11.5. The second kappa shape index (κ2) is 6.77. The van der Waals surface area contributed by atoms with Crippen LogP contribution in [0.5, 0.6) is 0 Å². The predicted molar refractivity (Wildman–Crippen MR) is 91.5 cm³/mol. The van der Waals surface area contributed by atoms with Gasteiger partial charge < -0.3 is 14.8 Å². The fourth-order valence-electron chi connectivity index (χ4n) is 4.34. The Labute approximate surface area is 148 Å². The molecule has 7 heteroatoms. The van der Waals surface area contributed by atoms with Crippen LogP contribution >= 0.6 is 0 Å². The van der Waals surface area contributed by atoms with Gasteiger partial charge in [0, 0.05) is 32.0 Å². The Kier molecular flexibility index (Phi) is 4.48. The van der Waals surface area contributed by atoms with Gasteiger partial charge in [0.15, 0.2) is 5.82 Å². The molecule has 2 amide bonds. The van der Waals surface area contributed by atoms with Gasteiger partial charge in [-0.05, 0) is 25.7 Å². The molecule has 2 saturated carbocycles. The number of nitrogens with one attached hydrogen (secondary N) is 1. The van der Waals surface area contributed by atoms with Crippen molar-refractivity contribution in [1.29, 1.82) is 0 Å². The third-order valence-corrected chi connectivity index (χ3v) is 6.18. The summed E-state index contributed by atoms with van der Waals surface area (Å²) >= 11 is 0. The van der Waals surface area contributed by atoms with Crippen molar-refractivity contribution in [3.05, 3.63) is 11.6 Å². The molecule has 1 aliphatic heterocycles. The molecule has 1 unspecified atom stereocenters. The Bertz CT molecular complexity index is 660. The summed E-state index contributed by atoms with van der Waals surface area (Å²) in [5.74, 6) is 2.20. The normalized spacial score (nSPS) is 24.8. The van der Waals surface area contributed by atoms with Crippen molar-refractivity contribution in [2.45, 2.75) is 69.9 Å². The minimum atomic E-state index is -0.229. The van der Waals surface area contributed by atoms with Gasteiger partial charge >= 0.3 is 0 Å². The molecule has 1 N–H and O–H groups in total. The largest absolute Gasteiger partial charge is 0.348 e. The van der Waals surface area contributed by atoms with E-state index in [0.29, 0.717) is 31.5 Å². The van der Waals surface area contributed by atoms with Crippen LogP contribution in [-0.4, -0.2) is 44.1 Å². The van der Waals surface area contributed by atoms with Crippen molar-refractivity contribution in [3.63, 3.8) is 0 Å². The average molecular weight is 345 g/mol. The van der Waals surface area contributed by atoms with E-state index in [-0.39, 0.29) is 17.7 Å². The third kappa shape index (κ3) is 3.16. The molecular weight excluding hydrogens is 318 g/mol. The molecule has 0 bridgehead atoms. The molecule has 3 fully saturated rings. The zero-order valence-corrected chi connectivity index (χ0v) is 14.9. The van der Waals surface area contributed by atoms with Crippen molar-refractivity contribution in [3.8, 4) is 0 Å². The summed E-state index contributed by atoms with van der Waals surface area (Å²) in [6.45, 7) is 0.949. The zero-order chi connectivity index (χ0) is 17.4. The Morgan fingerprint density at radius 2 is 1.92 bits per heavy atom. The number of nitrogens with zero attached hydrogens (tertiary/aromatic N) is 4. The molecule has 25 heavy (non-hydrogen) atoms. The van der Waals surface area contributed by atoms with Crippen LogP contribution in [0.15, 0.2) is 0 Å². The fraction of sp³-hybridized carbons (Fsp3) is 0.778. The number of rotatable bonds is 5. The number of amides is 2. The van der Waals surface area contributed by atoms with E-state index in [1.54, 1.807) is 0 Å². The summed E-state index contributed by atoms with van der Waals surface area (Å²) in [6.07, 6.45) is 8.53. The van der Waals surface area contributed by atoms with Gasteiger partial charge in [-0.25, -0.2) is 0 Å². The molecule has 2 heterocycles. The van der Waals surface area contributed by atoms with E-state index in [9.17, 15) is 9.59 Å². The Morgan fingerprint density at radius 3 is 2.60 bits per heavy atom. The van der Waals surface area contributed by atoms with Crippen LogP contribution in [0.25, 0.3) is 0 Å². The Hall–Kier alpha value is -1.92. The highest BCUT2D eigenvalue weighted by Gasteiger charge is 2.38. The molecule has 1 aromatic rings. The highest BCUT2D eigenvalue weighted by atomic mass is 16.2. The van der Waals surface area contributed by atoms with Crippen molar-refractivity contribution >= 4 is 11.8 Å². The van der Waals surface area contributed by atoms with E-state index >= 15 is 0 Å². The molecule has 1 saturated heterocycles. The van der Waals surface area contributed by atoms with Crippen molar-refractivity contribution in [1.82, 2.24) is 25.0 Å². The molecule has 0 radical (unpaired) electrons. The van der Waals surface area contributed by atoms with E-state index in [4.69, 9.17) is 0 Å². The first-order chi connectivity index (χ1) is 12.1. The molecule has 4 rings (SSSR count). The summed E-state index contributed by atoms with van der Waals surface area (Å²) < 4.78 is 2.01. The SMILES string of the molecule is Cn1c(CNC(=O)C2CC(=O)N(C3CCCC3)C2)nnc1C1CCC1. The second-order valence-electron chi connectivity index (χ2n) is 7.76. The molecule has 0 aromatic carbocycles. The molecule has 7 nitrogen and oxygen atoms in total. The minimum absolute atomic E-state index is 0.0398. The smallest absolute Gasteiger partial charge is 0.225 e. The van der Waals surface area contributed by atoms with Gasteiger partial charge in [0.05, 0.1) is 12.5 Å². The first-order valence-electron chi connectivity index (χ1n) is 9.59. The number of hydrogen-bond donors (Lipinski definition) is 1. The van der Waals surface area contributed by atoms with Gasteiger partial charge in [-0.1, -0.05) is 19.3 Å². The van der Waals surface area contributed by atoms with Crippen LogP contribution in [0.1, 0.15) is 68.9 Å². The minimum Gasteiger partial charge on any atom is -0.348 e. The van der Waals surface area contributed by atoms with E-state index < -0.39 is 0 Å². The Balaban J connectivity index is 1.32. The highest BCUT2D eigenvalue weighted by molar-refractivity contribution is 5.89. The van der Waals surface area contributed by atoms with Gasteiger partial charge in [0.1, 0.15) is 5.82 Å². The molecular formula is C18H27N5O2. The zero-order valence-electron chi connectivity index (χ0n) is 14.9. The topological polar surface area (TPSA) is 80.1 Å². The van der Waals surface area contributed by atoms with Crippen LogP contribution in [0, 0.1) is 5.92 Å². The first-order valence-corrected chi connectivity index (χ1v) is 9.59. The van der Waals surface area contributed by atoms with Crippen LogP contribution < -0.4 is 5.32 Å². The molecule has 1 aromatic heterocycles. The van der Waals surface area contributed by atoms with Crippen LogP contribution in [0.2, 0.25) is 0 Å². The molecule has 3 aliphatic rings. The predicted octanol–water partition coefficient (Wildman–Crippen LogP) is 1.49. The number of likely N-dealkylation sites (tertiary alicyclic amines) is 1. The van der Waals surface area contributed by atoms with Gasteiger partial charge in [0.25, 0.3) is 0 Å². The average Bonchev–Trinajstić information content (AvgIpc) is 3.26. The first kappa shape index (κ1) is 16.5. The van der Waals surface area contributed by atoms with Crippen LogP contribution in [-0.2, 0) is 23.2 Å². The monoisotopic (exact) mass is 345 g/mol. The van der Waals surface area contributed by atoms with Crippen molar-refractivity contribution in [2.24, 2.45) is 13.0 Å². The molecule has 2 aliphatic carbocycles. The van der Waals surface area contributed by atoms with E-state index in [2.05, 4.69) is 15.5 Å². The van der Waals surface area contributed by atoms with Crippen molar-refractivity contribution in [2.75, 3.05) is 6.54 Å². The van der Waals surface area contributed by atoms with Crippen LogP contribution in [0.4, 0.5) is 0 Å². The number of hydrogen-bond acceptors (Lipinski definition) is 4. The standard InChI is InChI=1S/C18H27N5O2/c1-22-15(20-21-17(22)12-5-4-6-12)10-19-18(25)13-9-16(24)23(11-13)14-7-2-3-8-14/h12-14H,2-11H2,1H3,(H,19,25). The quantitative estimate of drug-likeness (QED) is 0.877. The fourth-order valence-corrected chi connectivity index (χ4v) is 4.34. The lowest BCUT2D eigenvalue weighted by molar-refractivity contribution is -0.130. The molecule has 1 atom stereocenters. The van der Waals surface area contributed by atoms with Gasteiger partial charge in [-0.3, -0.25) is 9.59 Å². The van der Waals surface area contributed by atoms with E-state index in [1.807, 2.05) is 16.5 Å². The van der Waals surface area contributed by atoms with Crippen LogP contribution in [0.3, 0.4) is 0 Å². The molecule has 0 spiro atoms. The lowest BCUT2D eigenvalue weighted by Crippen LogP contribution is -2.37.